The number of fused-ring (bicyclic) bond motifs is 1. The van der Waals surface area contributed by atoms with Crippen molar-refractivity contribution in [1.29, 1.82) is 0 Å². The molecule has 0 bridgehead atoms. The lowest BCUT2D eigenvalue weighted by molar-refractivity contribution is 0.0952. The van der Waals surface area contributed by atoms with Crippen LogP contribution in [0.5, 0.6) is 0 Å². The molecule has 5 aromatic rings. The van der Waals surface area contributed by atoms with Crippen LogP contribution in [-0.4, -0.2) is 20.7 Å². The fraction of sp³-hybridized carbons (Fsp3) is 0.167. The first-order chi connectivity index (χ1) is 17.4. The van der Waals surface area contributed by atoms with E-state index in [0.29, 0.717) is 23.7 Å². The average molecular weight is 479 g/mol. The molecule has 0 aliphatic carbocycles. The fourth-order valence-corrected chi connectivity index (χ4v) is 4.30. The van der Waals surface area contributed by atoms with Crippen molar-refractivity contribution in [3.8, 4) is 16.9 Å². The average Bonchev–Trinajstić information content (AvgIpc) is 3.28. The van der Waals surface area contributed by atoms with Crippen LogP contribution in [0.25, 0.3) is 27.8 Å². The summed E-state index contributed by atoms with van der Waals surface area (Å²) < 4.78 is 15.1. The third kappa shape index (κ3) is 4.62. The summed E-state index contributed by atoms with van der Waals surface area (Å²) in [5.41, 5.74) is 6.82. The Morgan fingerprint density at radius 2 is 1.72 bits per heavy atom. The van der Waals surface area contributed by atoms with Crippen LogP contribution in [0.2, 0.25) is 0 Å². The Hall–Kier alpha value is -4.32. The van der Waals surface area contributed by atoms with Gasteiger partial charge in [-0.15, -0.1) is 0 Å². The normalized spacial score (nSPS) is 11.2. The third-order valence-electron chi connectivity index (χ3n) is 6.42. The van der Waals surface area contributed by atoms with Crippen molar-refractivity contribution in [3.63, 3.8) is 0 Å². The molecule has 0 aliphatic heterocycles. The summed E-state index contributed by atoms with van der Waals surface area (Å²) >= 11 is 0. The van der Waals surface area contributed by atoms with Crippen molar-refractivity contribution >= 4 is 16.8 Å². The molecule has 180 valence electrons. The Kier molecular flexibility index (Phi) is 6.34. The summed E-state index contributed by atoms with van der Waals surface area (Å²) in [5, 5.41) is 8.35. The molecule has 0 saturated carbocycles. The number of aromatic nitrogens is 3. The Morgan fingerprint density at radius 1 is 1.00 bits per heavy atom. The summed E-state index contributed by atoms with van der Waals surface area (Å²) in [7, 11) is 0. The van der Waals surface area contributed by atoms with Gasteiger partial charge in [-0.2, -0.15) is 5.10 Å². The number of halogens is 1. The largest absolute Gasteiger partial charge is 0.348 e. The number of carbonyl (C=O) groups is 1. The summed E-state index contributed by atoms with van der Waals surface area (Å²) in [6, 6.07) is 23.9. The molecule has 3 aromatic carbocycles. The second-order valence-corrected chi connectivity index (χ2v) is 9.18. The number of pyridine rings is 1. The molecular formula is C30H27FN4O. The number of nitrogens with one attached hydrogen (secondary N) is 1. The van der Waals surface area contributed by atoms with E-state index in [9.17, 15) is 9.18 Å². The SMILES string of the molecule is Cc1c(-c2cc(C(=O)NCc3ccc(F)cc3)c3ccccc3n2)cnn1-c1ccc(C(C)C)cc1. The predicted molar refractivity (Wildman–Crippen MR) is 141 cm³/mol. The van der Waals surface area contributed by atoms with Crippen molar-refractivity contribution < 1.29 is 9.18 Å². The standard InChI is InChI=1S/C30H27FN4O/c1-19(2)22-10-14-24(15-11-22)35-20(3)27(18-33-35)29-16-26(25-6-4-5-7-28(25)34-29)30(36)32-17-21-8-12-23(31)13-9-21/h4-16,18-19H,17H2,1-3H3,(H,32,36). The molecule has 0 radical (unpaired) electrons. The zero-order valence-corrected chi connectivity index (χ0v) is 20.5. The second kappa shape index (κ2) is 9.74. The van der Waals surface area contributed by atoms with Gasteiger partial charge in [0, 0.05) is 17.5 Å². The smallest absolute Gasteiger partial charge is 0.252 e. The van der Waals surface area contributed by atoms with Crippen LogP contribution < -0.4 is 5.32 Å². The molecule has 0 unspecified atom stereocenters. The maximum absolute atomic E-state index is 13.2. The molecule has 0 aliphatic rings. The lowest BCUT2D eigenvalue weighted by Gasteiger charge is -2.11. The molecule has 2 aromatic heterocycles. The van der Waals surface area contributed by atoms with Crippen LogP contribution >= 0.6 is 0 Å². The first-order valence-corrected chi connectivity index (χ1v) is 12.0. The van der Waals surface area contributed by atoms with E-state index < -0.39 is 0 Å². The van der Waals surface area contributed by atoms with Crippen molar-refractivity contribution in [2.75, 3.05) is 0 Å². The Labute approximate surface area is 209 Å². The van der Waals surface area contributed by atoms with Gasteiger partial charge >= 0.3 is 0 Å². The van der Waals surface area contributed by atoms with Gasteiger partial charge in [-0.25, -0.2) is 14.1 Å². The summed E-state index contributed by atoms with van der Waals surface area (Å²) in [6.07, 6.45) is 1.79. The minimum Gasteiger partial charge on any atom is -0.348 e. The van der Waals surface area contributed by atoms with Crippen molar-refractivity contribution in [2.45, 2.75) is 33.2 Å². The monoisotopic (exact) mass is 478 g/mol. The third-order valence-corrected chi connectivity index (χ3v) is 6.42. The number of hydrogen-bond donors (Lipinski definition) is 1. The van der Waals surface area contributed by atoms with Crippen molar-refractivity contribution in [3.05, 3.63) is 113 Å². The Bertz CT molecular complexity index is 1540. The molecule has 0 spiro atoms. The number of hydrogen-bond acceptors (Lipinski definition) is 3. The highest BCUT2D eigenvalue weighted by Gasteiger charge is 2.17. The zero-order chi connectivity index (χ0) is 25.2. The van der Waals surface area contributed by atoms with E-state index in [0.717, 1.165) is 33.4 Å². The number of nitrogens with zero attached hydrogens (tertiary/aromatic N) is 3. The van der Waals surface area contributed by atoms with E-state index in [1.165, 1.54) is 17.7 Å². The van der Waals surface area contributed by atoms with Crippen LogP contribution in [0, 0.1) is 12.7 Å². The van der Waals surface area contributed by atoms with Crippen molar-refractivity contribution in [2.24, 2.45) is 0 Å². The minimum atomic E-state index is -0.304. The number of benzene rings is 3. The van der Waals surface area contributed by atoms with Crippen LogP contribution in [0.4, 0.5) is 4.39 Å². The summed E-state index contributed by atoms with van der Waals surface area (Å²) in [4.78, 5) is 18.1. The van der Waals surface area contributed by atoms with E-state index in [2.05, 4.69) is 48.5 Å². The summed E-state index contributed by atoms with van der Waals surface area (Å²) in [6.45, 7) is 6.65. The summed E-state index contributed by atoms with van der Waals surface area (Å²) in [5.74, 6) is -0.0575. The maximum atomic E-state index is 13.2. The van der Waals surface area contributed by atoms with Gasteiger partial charge < -0.3 is 5.32 Å². The van der Waals surface area contributed by atoms with E-state index >= 15 is 0 Å². The second-order valence-electron chi connectivity index (χ2n) is 9.18. The van der Waals surface area contributed by atoms with Gasteiger partial charge in [-0.1, -0.05) is 56.3 Å². The molecule has 6 heteroatoms. The Balaban J connectivity index is 1.49. The van der Waals surface area contributed by atoms with Crippen LogP contribution in [0.15, 0.2) is 85.1 Å². The topological polar surface area (TPSA) is 59.8 Å². The lowest BCUT2D eigenvalue weighted by atomic mass is 10.0. The van der Waals surface area contributed by atoms with Gasteiger partial charge in [-0.05, 0) is 60.4 Å². The molecule has 2 heterocycles. The molecule has 5 rings (SSSR count). The molecule has 5 nitrogen and oxygen atoms in total. The number of rotatable bonds is 6. The maximum Gasteiger partial charge on any atom is 0.252 e. The van der Waals surface area contributed by atoms with E-state index in [1.54, 1.807) is 18.3 Å². The number of carbonyl (C=O) groups excluding carboxylic acids is 1. The fourth-order valence-electron chi connectivity index (χ4n) is 4.30. The number of para-hydroxylation sites is 1. The van der Waals surface area contributed by atoms with Crippen LogP contribution in [-0.2, 0) is 6.54 Å². The van der Waals surface area contributed by atoms with Crippen LogP contribution in [0.1, 0.15) is 46.9 Å². The van der Waals surface area contributed by atoms with Gasteiger partial charge in [0.1, 0.15) is 5.82 Å². The highest BCUT2D eigenvalue weighted by Crippen LogP contribution is 2.28. The quantitative estimate of drug-likeness (QED) is 0.300. The van der Waals surface area contributed by atoms with Gasteiger partial charge in [0.05, 0.1) is 34.4 Å². The zero-order valence-electron chi connectivity index (χ0n) is 20.5. The molecule has 36 heavy (non-hydrogen) atoms. The van der Waals surface area contributed by atoms with Crippen LogP contribution in [0.3, 0.4) is 0 Å². The molecule has 1 amide bonds. The van der Waals surface area contributed by atoms with Gasteiger partial charge in [-0.3, -0.25) is 4.79 Å². The van der Waals surface area contributed by atoms with Gasteiger partial charge in [0.2, 0.25) is 0 Å². The van der Waals surface area contributed by atoms with E-state index in [-0.39, 0.29) is 11.7 Å². The van der Waals surface area contributed by atoms with Crippen molar-refractivity contribution in [1.82, 2.24) is 20.1 Å². The molecule has 0 saturated heterocycles. The van der Waals surface area contributed by atoms with Gasteiger partial charge in [0.15, 0.2) is 0 Å². The predicted octanol–water partition coefficient (Wildman–Crippen LogP) is 6.59. The lowest BCUT2D eigenvalue weighted by Crippen LogP contribution is -2.23. The van der Waals surface area contributed by atoms with E-state index in [1.807, 2.05) is 41.9 Å². The first-order valence-electron chi connectivity index (χ1n) is 12.0. The van der Waals surface area contributed by atoms with E-state index in [4.69, 9.17) is 4.98 Å². The minimum absolute atomic E-state index is 0.214. The van der Waals surface area contributed by atoms with Gasteiger partial charge in [0.25, 0.3) is 5.91 Å². The highest BCUT2D eigenvalue weighted by atomic mass is 19.1. The first kappa shape index (κ1) is 23.4. The highest BCUT2D eigenvalue weighted by molar-refractivity contribution is 6.07. The molecule has 0 fully saturated rings. The molecule has 0 atom stereocenters. The molecule has 1 N–H and O–H groups in total. The number of amides is 1. The Morgan fingerprint density at radius 3 is 2.44 bits per heavy atom. The molecular weight excluding hydrogens is 451 g/mol.